The van der Waals surface area contributed by atoms with E-state index in [9.17, 15) is 9.59 Å². The molecule has 0 unspecified atom stereocenters. The molecule has 1 amide bonds. The van der Waals surface area contributed by atoms with E-state index >= 15 is 0 Å². The van der Waals surface area contributed by atoms with Gasteiger partial charge in [-0.3, -0.25) is 4.79 Å². The van der Waals surface area contributed by atoms with Gasteiger partial charge in [0.15, 0.2) is 5.13 Å². The second-order valence-corrected chi connectivity index (χ2v) is 6.23. The lowest BCUT2D eigenvalue weighted by molar-refractivity contribution is -0.124. The third-order valence-corrected chi connectivity index (χ3v) is 4.29. The lowest BCUT2D eigenvalue weighted by Gasteiger charge is -2.20. The Kier molecular flexibility index (Phi) is 3.76. The van der Waals surface area contributed by atoms with Gasteiger partial charge in [0.2, 0.25) is 5.91 Å². The molecule has 5 nitrogen and oxygen atoms in total. The van der Waals surface area contributed by atoms with Gasteiger partial charge >= 0.3 is 5.97 Å². The van der Waals surface area contributed by atoms with Crippen LogP contribution in [-0.2, 0) is 4.79 Å². The standard InChI is InChI=1S/C14H16N2O3S/c1-4-14(2,3)12(19)16-13-15-9-6-5-8(11(17)18)7-10(9)20-13/h5-7H,4H2,1-3H3,(H,17,18)(H,15,16,19). The molecular formula is C14H16N2O3S. The predicted octanol–water partition coefficient (Wildman–Crippen LogP) is 3.37. The van der Waals surface area contributed by atoms with E-state index in [2.05, 4.69) is 10.3 Å². The molecule has 0 spiro atoms. The summed E-state index contributed by atoms with van der Waals surface area (Å²) in [6, 6.07) is 4.72. The lowest BCUT2D eigenvalue weighted by Crippen LogP contribution is -2.29. The topological polar surface area (TPSA) is 79.3 Å². The zero-order valence-electron chi connectivity index (χ0n) is 11.6. The number of carbonyl (C=O) groups excluding carboxylic acids is 1. The Morgan fingerprint density at radius 3 is 2.70 bits per heavy atom. The summed E-state index contributed by atoms with van der Waals surface area (Å²) in [4.78, 5) is 27.3. The molecule has 1 aromatic heterocycles. The number of rotatable bonds is 4. The number of carbonyl (C=O) groups is 2. The number of nitrogens with zero attached hydrogens (tertiary/aromatic N) is 1. The summed E-state index contributed by atoms with van der Waals surface area (Å²) in [5.41, 5.74) is 0.446. The van der Waals surface area contributed by atoms with Crippen LogP contribution in [0.4, 0.5) is 5.13 Å². The van der Waals surface area contributed by atoms with Crippen LogP contribution in [-0.4, -0.2) is 22.0 Å². The van der Waals surface area contributed by atoms with Crippen LogP contribution in [0.1, 0.15) is 37.6 Å². The van der Waals surface area contributed by atoms with Crippen LogP contribution in [0.15, 0.2) is 18.2 Å². The second kappa shape index (κ2) is 5.20. The summed E-state index contributed by atoms with van der Waals surface area (Å²) in [5, 5.41) is 12.2. The van der Waals surface area contributed by atoms with E-state index in [0.717, 1.165) is 11.1 Å². The molecule has 20 heavy (non-hydrogen) atoms. The van der Waals surface area contributed by atoms with Gasteiger partial charge in [-0.1, -0.05) is 32.1 Å². The first-order chi connectivity index (χ1) is 9.33. The van der Waals surface area contributed by atoms with Crippen molar-refractivity contribution in [3.8, 4) is 0 Å². The van der Waals surface area contributed by atoms with E-state index < -0.39 is 11.4 Å². The van der Waals surface area contributed by atoms with Gasteiger partial charge in [0.25, 0.3) is 0 Å². The quantitative estimate of drug-likeness (QED) is 0.905. The summed E-state index contributed by atoms with van der Waals surface area (Å²) in [5.74, 6) is -1.06. The Hall–Kier alpha value is -1.95. The molecule has 0 aliphatic heterocycles. The summed E-state index contributed by atoms with van der Waals surface area (Å²) in [6.45, 7) is 5.70. The highest BCUT2D eigenvalue weighted by molar-refractivity contribution is 7.22. The van der Waals surface area contributed by atoms with Crippen LogP contribution in [0, 0.1) is 5.41 Å². The number of carboxylic acids is 1. The van der Waals surface area contributed by atoms with Crippen LogP contribution in [0.3, 0.4) is 0 Å². The van der Waals surface area contributed by atoms with Gasteiger partial charge in [0, 0.05) is 5.41 Å². The molecule has 0 atom stereocenters. The lowest BCUT2D eigenvalue weighted by atomic mass is 9.89. The van der Waals surface area contributed by atoms with E-state index in [4.69, 9.17) is 5.11 Å². The molecule has 0 saturated carbocycles. The maximum atomic E-state index is 12.1. The largest absolute Gasteiger partial charge is 0.478 e. The molecule has 1 aromatic carbocycles. The maximum absolute atomic E-state index is 12.1. The number of aromatic nitrogens is 1. The Labute approximate surface area is 120 Å². The highest BCUT2D eigenvalue weighted by Crippen LogP contribution is 2.29. The van der Waals surface area contributed by atoms with Crippen molar-refractivity contribution < 1.29 is 14.7 Å². The zero-order valence-corrected chi connectivity index (χ0v) is 12.4. The maximum Gasteiger partial charge on any atom is 0.335 e. The van der Waals surface area contributed by atoms with Crippen molar-refractivity contribution in [3.63, 3.8) is 0 Å². The van der Waals surface area contributed by atoms with Gasteiger partial charge in [-0.05, 0) is 24.6 Å². The fraction of sp³-hybridized carbons (Fsp3) is 0.357. The van der Waals surface area contributed by atoms with Crippen molar-refractivity contribution >= 4 is 38.6 Å². The number of fused-ring (bicyclic) bond motifs is 1. The molecule has 0 aliphatic rings. The second-order valence-electron chi connectivity index (χ2n) is 5.20. The van der Waals surface area contributed by atoms with Gasteiger partial charge in [0.1, 0.15) is 0 Å². The van der Waals surface area contributed by atoms with Crippen molar-refractivity contribution in [1.29, 1.82) is 0 Å². The number of anilines is 1. The Morgan fingerprint density at radius 1 is 1.40 bits per heavy atom. The summed E-state index contributed by atoms with van der Waals surface area (Å²) in [7, 11) is 0. The monoisotopic (exact) mass is 292 g/mol. The van der Waals surface area contributed by atoms with E-state index in [0.29, 0.717) is 10.6 Å². The number of nitrogens with one attached hydrogen (secondary N) is 1. The molecular weight excluding hydrogens is 276 g/mol. The number of hydrogen-bond donors (Lipinski definition) is 2. The minimum atomic E-state index is -0.974. The van der Waals surface area contributed by atoms with Gasteiger partial charge in [-0.2, -0.15) is 0 Å². The molecule has 0 saturated heterocycles. The first kappa shape index (κ1) is 14.5. The van der Waals surface area contributed by atoms with E-state index in [1.165, 1.54) is 17.4 Å². The normalized spacial score (nSPS) is 11.6. The summed E-state index contributed by atoms with van der Waals surface area (Å²) >= 11 is 1.28. The number of benzene rings is 1. The Morgan fingerprint density at radius 2 is 2.10 bits per heavy atom. The van der Waals surface area contributed by atoms with E-state index in [1.54, 1.807) is 12.1 Å². The molecule has 0 aliphatic carbocycles. The molecule has 2 aromatic rings. The van der Waals surface area contributed by atoms with Crippen LogP contribution in [0.5, 0.6) is 0 Å². The molecule has 0 fully saturated rings. The first-order valence-corrected chi connectivity index (χ1v) is 7.10. The van der Waals surface area contributed by atoms with Gasteiger partial charge in [-0.25, -0.2) is 9.78 Å². The SMILES string of the molecule is CCC(C)(C)C(=O)Nc1nc2ccc(C(=O)O)cc2s1. The van der Waals surface area contributed by atoms with E-state index in [-0.39, 0.29) is 11.5 Å². The highest BCUT2D eigenvalue weighted by atomic mass is 32.1. The van der Waals surface area contributed by atoms with Crippen molar-refractivity contribution in [2.75, 3.05) is 5.32 Å². The van der Waals surface area contributed by atoms with Gasteiger partial charge < -0.3 is 10.4 Å². The molecule has 0 radical (unpaired) electrons. The minimum Gasteiger partial charge on any atom is -0.478 e. The van der Waals surface area contributed by atoms with Crippen molar-refractivity contribution in [1.82, 2.24) is 4.98 Å². The highest BCUT2D eigenvalue weighted by Gasteiger charge is 2.26. The summed E-state index contributed by atoms with van der Waals surface area (Å²) < 4.78 is 0.745. The molecule has 0 bridgehead atoms. The number of carboxylic acid groups (broad SMARTS) is 1. The van der Waals surface area contributed by atoms with E-state index in [1.807, 2.05) is 20.8 Å². The van der Waals surface area contributed by atoms with Crippen LogP contribution in [0.25, 0.3) is 10.2 Å². The van der Waals surface area contributed by atoms with Crippen LogP contribution in [0.2, 0.25) is 0 Å². The smallest absolute Gasteiger partial charge is 0.335 e. The number of hydrogen-bond acceptors (Lipinski definition) is 4. The first-order valence-electron chi connectivity index (χ1n) is 6.29. The number of aromatic carboxylic acids is 1. The van der Waals surface area contributed by atoms with Crippen molar-refractivity contribution in [3.05, 3.63) is 23.8 Å². The predicted molar refractivity (Wildman–Crippen MR) is 79.3 cm³/mol. The molecule has 2 rings (SSSR count). The van der Waals surface area contributed by atoms with Crippen molar-refractivity contribution in [2.45, 2.75) is 27.2 Å². The van der Waals surface area contributed by atoms with Crippen LogP contribution < -0.4 is 5.32 Å². The summed E-state index contributed by atoms with van der Waals surface area (Å²) in [6.07, 6.45) is 0.729. The molecule has 2 N–H and O–H groups in total. The van der Waals surface area contributed by atoms with Gasteiger partial charge in [-0.15, -0.1) is 0 Å². The molecule has 1 heterocycles. The Balaban J connectivity index is 2.28. The minimum absolute atomic E-state index is 0.0856. The third kappa shape index (κ3) is 2.80. The van der Waals surface area contributed by atoms with Crippen LogP contribution >= 0.6 is 11.3 Å². The Bertz CT molecular complexity index is 676. The zero-order chi connectivity index (χ0) is 14.9. The molecule has 6 heteroatoms. The molecule has 106 valence electrons. The average molecular weight is 292 g/mol. The van der Waals surface area contributed by atoms with Gasteiger partial charge in [0.05, 0.1) is 15.8 Å². The number of thiazole rings is 1. The third-order valence-electron chi connectivity index (χ3n) is 3.35. The van der Waals surface area contributed by atoms with Crippen molar-refractivity contribution in [2.24, 2.45) is 5.41 Å². The fourth-order valence-electron chi connectivity index (χ4n) is 1.54. The average Bonchev–Trinajstić information content (AvgIpc) is 2.79. The fourth-order valence-corrected chi connectivity index (χ4v) is 2.44. The number of amides is 1.